The van der Waals surface area contributed by atoms with Crippen LogP contribution in [0.1, 0.15) is 43.7 Å². The van der Waals surface area contributed by atoms with Gasteiger partial charge >= 0.3 is 0 Å². The lowest BCUT2D eigenvalue weighted by Crippen LogP contribution is -2.56. The molecule has 2 aliphatic rings. The smallest absolute Gasteiger partial charge is 0.0240 e. The molecule has 2 atom stereocenters. The number of nitrogens with zero attached hydrogens (tertiary/aromatic N) is 1. The van der Waals surface area contributed by atoms with Crippen LogP contribution in [-0.2, 0) is 6.54 Å². The Bertz CT molecular complexity index is 439. The summed E-state index contributed by atoms with van der Waals surface area (Å²) in [6, 6.07) is 10.3. The zero-order valence-corrected chi connectivity index (χ0v) is 12.9. The van der Waals surface area contributed by atoms with Crippen LogP contribution in [0, 0.1) is 12.8 Å². The lowest BCUT2D eigenvalue weighted by atomic mass is 10.00. The highest BCUT2D eigenvalue weighted by Gasteiger charge is 2.36. The number of aryl methyl sites for hydroxylation is 1. The van der Waals surface area contributed by atoms with E-state index in [9.17, 15) is 0 Å². The summed E-state index contributed by atoms with van der Waals surface area (Å²) in [7, 11) is 0. The van der Waals surface area contributed by atoms with Crippen LogP contribution in [-0.4, -0.2) is 30.1 Å². The molecule has 1 aromatic carbocycles. The Hall–Kier alpha value is -0.860. The maximum absolute atomic E-state index is 3.80. The van der Waals surface area contributed by atoms with Gasteiger partial charge < -0.3 is 5.32 Å². The van der Waals surface area contributed by atoms with E-state index in [-0.39, 0.29) is 0 Å². The number of rotatable bonds is 5. The van der Waals surface area contributed by atoms with E-state index in [0.29, 0.717) is 0 Å². The Balaban J connectivity index is 1.70. The molecule has 1 aliphatic carbocycles. The SMILES string of the molecule is CCCC1CNC(C2CC2)CN1Cc1ccccc1C. The van der Waals surface area contributed by atoms with E-state index in [1.807, 2.05) is 0 Å². The maximum atomic E-state index is 3.80. The molecule has 0 bridgehead atoms. The zero-order chi connectivity index (χ0) is 13.9. The van der Waals surface area contributed by atoms with Gasteiger partial charge in [-0.1, -0.05) is 37.6 Å². The van der Waals surface area contributed by atoms with Gasteiger partial charge in [-0.25, -0.2) is 0 Å². The molecule has 0 radical (unpaired) electrons. The second kappa shape index (κ2) is 6.28. The predicted octanol–water partition coefficient (Wildman–Crippen LogP) is 3.35. The van der Waals surface area contributed by atoms with Gasteiger partial charge in [0.05, 0.1) is 0 Å². The van der Waals surface area contributed by atoms with E-state index < -0.39 is 0 Å². The third-order valence-corrected chi connectivity index (χ3v) is 5.01. The molecular weight excluding hydrogens is 244 g/mol. The molecule has 20 heavy (non-hydrogen) atoms. The van der Waals surface area contributed by atoms with E-state index in [4.69, 9.17) is 0 Å². The predicted molar refractivity (Wildman–Crippen MR) is 84.8 cm³/mol. The molecule has 1 aliphatic heterocycles. The Morgan fingerprint density at radius 3 is 2.75 bits per heavy atom. The molecule has 1 saturated carbocycles. The Labute approximate surface area is 123 Å². The largest absolute Gasteiger partial charge is 0.311 e. The third-order valence-electron chi connectivity index (χ3n) is 5.01. The van der Waals surface area contributed by atoms with Crippen LogP contribution in [0.4, 0.5) is 0 Å². The highest BCUT2D eigenvalue weighted by molar-refractivity contribution is 5.25. The van der Waals surface area contributed by atoms with Crippen molar-refractivity contribution in [2.45, 2.75) is 58.2 Å². The van der Waals surface area contributed by atoms with Crippen LogP contribution in [0.25, 0.3) is 0 Å². The van der Waals surface area contributed by atoms with Crippen molar-refractivity contribution in [3.05, 3.63) is 35.4 Å². The lowest BCUT2D eigenvalue weighted by molar-refractivity contribution is 0.108. The third kappa shape index (κ3) is 3.24. The fraction of sp³-hybridized carbons (Fsp3) is 0.667. The first-order chi connectivity index (χ1) is 9.78. The van der Waals surface area contributed by atoms with Gasteiger partial charge in [0.25, 0.3) is 0 Å². The van der Waals surface area contributed by atoms with Gasteiger partial charge in [0.1, 0.15) is 0 Å². The van der Waals surface area contributed by atoms with Gasteiger partial charge in [-0.05, 0) is 43.2 Å². The Morgan fingerprint density at radius 1 is 1.25 bits per heavy atom. The first-order valence-electron chi connectivity index (χ1n) is 8.30. The summed E-state index contributed by atoms with van der Waals surface area (Å²) < 4.78 is 0. The molecule has 0 aromatic heterocycles. The number of hydrogen-bond donors (Lipinski definition) is 1. The monoisotopic (exact) mass is 272 g/mol. The molecule has 1 heterocycles. The van der Waals surface area contributed by atoms with Gasteiger partial charge in [0.2, 0.25) is 0 Å². The second-order valence-corrected chi connectivity index (χ2v) is 6.65. The Morgan fingerprint density at radius 2 is 2.05 bits per heavy atom. The minimum atomic E-state index is 0.717. The number of piperazine rings is 1. The van der Waals surface area contributed by atoms with Gasteiger partial charge in [-0.3, -0.25) is 4.90 Å². The first kappa shape index (κ1) is 14.1. The second-order valence-electron chi connectivity index (χ2n) is 6.65. The highest BCUT2D eigenvalue weighted by atomic mass is 15.2. The van der Waals surface area contributed by atoms with Gasteiger partial charge in [0, 0.05) is 31.7 Å². The van der Waals surface area contributed by atoms with Crippen LogP contribution in [0.3, 0.4) is 0 Å². The van der Waals surface area contributed by atoms with Crippen LogP contribution < -0.4 is 5.32 Å². The van der Waals surface area contributed by atoms with Crippen molar-refractivity contribution in [1.29, 1.82) is 0 Å². The molecule has 1 aromatic rings. The summed E-state index contributed by atoms with van der Waals surface area (Å²) in [4.78, 5) is 2.74. The van der Waals surface area contributed by atoms with E-state index in [1.54, 1.807) is 0 Å². The normalized spacial score (nSPS) is 27.7. The standard InChI is InChI=1S/C18H28N2/c1-3-6-17-11-19-18(15-9-10-15)13-20(17)12-16-8-5-4-7-14(16)2/h4-5,7-8,15,17-19H,3,6,9-13H2,1-2H3. The van der Waals surface area contributed by atoms with E-state index in [2.05, 4.69) is 48.3 Å². The summed E-state index contributed by atoms with van der Waals surface area (Å²) in [5.74, 6) is 0.956. The maximum Gasteiger partial charge on any atom is 0.0240 e. The molecule has 2 nitrogen and oxygen atoms in total. The molecule has 1 saturated heterocycles. The van der Waals surface area contributed by atoms with Gasteiger partial charge in [0.15, 0.2) is 0 Å². The number of nitrogens with one attached hydrogen (secondary N) is 1. The van der Waals surface area contributed by atoms with Crippen molar-refractivity contribution in [2.75, 3.05) is 13.1 Å². The highest BCUT2D eigenvalue weighted by Crippen LogP contribution is 2.35. The van der Waals surface area contributed by atoms with E-state index >= 15 is 0 Å². The molecule has 3 rings (SSSR count). The van der Waals surface area contributed by atoms with Crippen LogP contribution in [0.15, 0.2) is 24.3 Å². The van der Waals surface area contributed by atoms with Gasteiger partial charge in [-0.15, -0.1) is 0 Å². The first-order valence-corrected chi connectivity index (χ1v) is 8.30. The fourth-order valence-electron chi connectivity index (χ4n) is 3.51. The molecule has 2 unspecified atom stereocenters. The molecule has 110 valence electrons. The van der Waals surface area contributed by atoms with Crippen molar-refractivity contribution in [2.24, 2.45) is 5.92 Å². The van der Waals surface area contributed by atoms with E-state index in [0.717, 1.165) is 24.5 Å². The lowest BCUT2D eigenvalue weighted by Gasteiger charge is -2.41. The molecule has 0 spiro atoms. The van der Waals surface area contributed by atoms with Crippen molar-refractivity contribution < 1.29 is 0 Å². The summed E-state index contributed by atoms with van der Waals surface area (Å²) in [5.41, 5.74) is 2.94. The van der Waals surface area contributed by atoms with Crippen molar-refractivity contribution >= 4 is 0 Å². The topological polar surface area (TPSA) is 15.3 Å². The minimum Gasteiger partial charge on any atom is -0.311 e. The van der Waals surface area contributed by atoms with Crippen LogP contribution in [0.2, 0.25) is 0 Å². The molecular formula is C18H28N2. The zero-order valence-electron chi connectivity index (χ0n) is 12.9. The van der Waals surface area contributed by atoms with Crippen molar-refractivity contribution in [3.8, 4) is 0 Å². The Kier molecular flexibility index (Phi) is 4.42. The summed E-state index contributed by atoms with van der Waals surface area (Å²) in [5, 5.41) is 3.80. The van der Waals surface area contributed by atoms with Gasteiger partial charge in [-0.2, -0.15) is 0 Å². The average Bonchev–Trinajstić information content (AvgIpc) is 3.28. The van der Waals surface area contributed by atoms with Crippen LogP contribution in [0.5, 0.6) is 0 Å². The summed E-state index contributed by atoms with van der Waals surface area (Å²) >= 11 is 0. The van der Waals surface area contributed by atoms with Crippen LogP contribution >= 0.6 is 0 Å². The molecule has 1 N–H and O–H groups in total. The summed E-state index contributed by atoms with van der Waals surface area (Å²) in [6.45, 7) is 8.09. The van der Waals surface area contributed by atoms with Crippen molar-refractivity contribution in [1.82, 2.24) is 10.2 Å². The number of benzene rings is 1. The molecule has 2 fully saturated rings. The quantitative estimate of drug-likeness (QED) is 0.884. The molecule has 2 heteroatoms. The van der Waals surface area contributed by atoms with Crippen molar-refractivity contribution in [3.63, 3.8) is 0 Å². The number of hydrogen-bond acceptors (Lipinski definition) is 2. The minimum absolute atomic E-state index is 0.717. The molecule has 0 amide bonds. The van der Waals surface area contributed by atoms with E-state index in [1.165, 1.54) is 49.9 Å². The fourth-order valence-corrected chi connectivity index (χ4v) is 3.51. The average molecular weight is 272 g/mol. The summed E-state index contributed by atoms with van der Waals surface area (Å²) in [6.07, 6.45) is 5.48.